The van der Waals surface area contributed by atoms with Crippen molar-refractivity contribution in [2.24, 2.45) is 0 Å². The fourth-order valence-electron chi connectivity index (χ4n) is 3.69. The van der Waals surface area contributed by atoms with Crippen LogP contribution in [0.25, 0.3) is 16.8 Å². The minimum Gasteiger partial charge on any atom is -0.490 e. The van der Waals surface area contributed by atoms with Crippen molar-refractivity contribution >= 4 is 62.6 Å². The van der Waals surface area contributed by atoms with Gasteiger partial charge in [-0.1, -0.05) is 54.1 Å². The van der Waals surface area contributed by atoms with Gasteiger partial charge in [0, 0.05) is 10.7 Å². The molecule has 4 aromatic rings. The van der Waals surface area contributed by atoms with Crippen LogP contribution in [-0.4, -0.2) is 12.5 Å². The molecule has 1 N–H and O–H groups in total. The van der Waals surface area contributed by atoms with Gasteiger partial charge in [0.15, 0.2) is 11.5 Å². The van der Waals surface area contributed by atoms with Gasteiger partial charge >= 0.3 is 0 Å². The van der Waals surface area contributed by atoms with E-state index in [9.17, 15) is 10.1 Å². The average molecular weight is 609 g/mol. The van der Waals surface area contributed by atoms with E-state index in [-0.39, 0.29) is 5.57 Å². The Bertz CT molecular complexity index is 1470. The lowest BCUT2D eigenvalue weighted by Gasteiger charge is -2.16. The number of halogens is 2. The number of hydrogen-bond acceptors (Lipinski definition) is 4. The highest BCUT2D eigenvalue weighted by molar-refractivity contribution is 14.1. The van der Waals surface area contributed by atoms with E-state index in [0.29, 0.717) is 41.0 Å². The number of fused-ring (bicyclic) bond motifs is 1. The maximum atomic E-state index is 12.7. The summed E-state index contributed by atoms with van der Waals surface area (Å²) in [6.45, 7) is 2.71. The quantitative estimate of drug-likeness (QED) is 0.127. The SMILES string of the molecule is CCOc1cc(/C=C(/C#N)C(=O)Nc2ccc(Cl)cc2)cc(I)c1OCc1cccc2ccccc12. The molecule has 0 unspecified atom stereocenters. The highest BCUT2D eigenvalue weighted by Gasteiger charge is 2.15. The molecule has 180 valence electrons. The van der Waals surface area contributed by atoms with E-state index in [0.717, 1.165) is 19.9 Å². The van der Waals surface area contributed by atoms with Gasteiger partial charge in [-0.05, 0) is 93.9 Å². The topological polar surface area (TPSA) is 71.3 Å². The van der Waals surface area contributed by atoms with Gasteiger partial charge in [0.1, 0.15) is 18.2 Å². The Hall–Kier alpha value is -3.54. The van der Waals surface area contributed by atoms with Crippen molar-refractivity contribution in [3.05, 3.63) is 104 Å². The molecule has 0 heterocycles. The predicted octanol–water partition coefficient (Wildman–Crippen LogP) is 7.62. The number of nitriles is 1. The highest BCUT2D eigenvalue weighted by atomic mass is 127. The third-order valence-electron chi connectivity index (χ3n) is 5.36. The minimum absolute atomic E-state index is 0.0346. The van der Waals surface area contributed by atoms with Crippen LogP contribution >= 0.6 is 34.2 Å². The lowest BCUT2D eigenvalue weighted by atomic mass is 10.1. The second-order valence-electron chi connectivity index (χ2n) is 7.82. The predicted molar refractivity (Wildman–Crippen MR) is 152 cm³/mol. The lowest BCUT2D eigenvalue weighted by Crippen LogP contribution is -2.13. The first-order valence-electron chi connectivity index (χ1n) is 11.2. The molecule has 0 saturated heterocycles. The van der Waals surface area contributed by atoms with E-state index in [2.05, 4.69) is 46.1 Å². The van der Waals surface area contributed by atoms with Crippen molar-refractivity contribution in [1.82, 2.24) is 0 Å². The van der Waals surface area contributed by atoms with Gasteiger partial charge in [0.05, 0.1) is 10.2 Å². The number of nitrogens with zero attached hydrogens (tertiary/aromatic N) is 1. The van der Waals surface area contributed by atoms with Crippen molar-refractivity contribution in [3.63, 3.8) is 0 Å². The largest absolute Gasteiger partial charge is 0.490 e. The molecule has 5 nitrogen and oxygen atoms in total. The molecule has 0 bridgehead atoms. The summed E-state index contributed by atoms with van der Waals surface area (Å²) >= 11 is 8.08. The zero-order chi connectivity index (χ0) is 25.5. The molecule has 0 spiro atoms. The summed E-state index contributed by atoms with van der Waals surface area (Å²) in [4.78, 5) is 12.7. The van der Waals surface area contributed by atoms with E-state index < -0.39 is 5.91 Å². The Labute approximate surface area is 228 Å². The number of carbonyl (C=O) groups excluding carboxylic acids is 1. The summed E-state index contributed by atoms with van der Waals surface area (Å²) in [6.07, 6.45) is 1.53. The van der Waals surface area contributed by atoms with Crippen LogP contribution in [0.3, 0.4) is 0 Å². The Morgan fingerprint density at radius 2 is 1.81 bits per heavy atom. The Morgan fingerprint density at radius 3 is 2.56 bits per heavy atom. The van der Waals surface area contributed by atoms with Gasteiger partial charge in [-0.2, -0.15) is 5.26 Å². The first-order chi connectivity index (χ1) is 17.5. The molecule has 0 aliphatic rings. The summed E-state index contributed by atoms with van der Waals surface area (Å²) in [5, 5.41) is 15.2. The number of benzene rings is 4. The summed E-state index contributed by atoms with van der Waals surface area (Å²) in [6, 6.07) is 26.6. The highest BCUT2D eigenvalue weighted by Crippen LogP contribution is 2.36. The van der Waals surface area contributed by atoms with Crippen LogP contribution in [0.4, 0.5) is 5.69 Å². The van der Waals surface area contributed by atoms with Gasteiger partial charge in [-0.15, -0.1) is 0 Å². The van der Waals surface area contributed by atoms with Gasteiger partial charge < -0.3 is 14.8 Å². The Morgan fingerprint density at radius 1 is 1.06 bits per heavy atom. The van der Waals surface area contributed by atoms with E-state index >= 15 is 0 Å². The molecular formula is C29H22ClIN2O3. The number of rotatable bonds is 8. The molecule has 0 fully saturated rings. The van der Waals surface area contributed by atoms with E-state index in [1.807, 2.05) is 43.3 Å². The third-order valence-corrected chi connectivity index (χ3v) is 6.42. The molecule has 0 saturated carbocycles. The summed E-state index contributed by atoms with van der Waals surface area (Å²) in [5.41, 5.74) is 2.24. The van der Waals surface area contributed by atoms with Crippen LogP contribution in [0.1, 0.15) is 18.1 Å². The summed E-state index contributed by atoms with van der Waals surface area (Å²) in [5.74, 6) is 0.655. The van der Waals surface area contributed by atoms with Gasteiger partial charge in [-0.3, -0.25) is 4.79 Å². The molecule has 0 atom stereocenters. The zero-order valence-corrected chi connectivity index (χ0v) is 22.3. The number of hydrogen-bond donors (Lipinski definition) is 1. The second-order valence-corrected chi connectivity index (χ2v) is 9.42. The zero-order valence-electron chi connectivity index (χ0n) is 19.4. The number of carbonyl (C=O) groups is 1. The monoisotopic (exact) mass is 608 g/mol. The van der Waals surface area contributed by atoms with Crippen LogP contribution in [0.2, 0.25) is 5.02 Å². The first-order valence-corrected chi connectivity index (χ1v) is 12.7. The normalized spacial score (nSPS) is 11.1. The maximum absolute atomic E-state index is 12.7. The lowest BCUT2D eigenvalue weighted by molar-refractivity contribution is -0.112. The second kappa shape index (κ2) is 11.9. The van der Waals surface area contributed by atoms with Crippen molar-refractivity contribution in [3.8, 4) is 17.6 Å². The average Bonchev–Trinajstić information content (AvgIpc) is 2.88. The fourth-order valence-corrected chi connectivity index (χ4v) is 4.60. The van der Waals surface area contributed by atoms with Crippen LogP contribution in [0.15, 0.2) is 84.4 Å². The van der Waals surface area contributed by atoms with E-state index in [1.54, 1.807) is 30.3 Å². The van der Waals surface area contributed by atoms with Crippen LogP contribution in [0, 0.1) is 14.9 Å². The summed E-state index contributed by atoms with van der Waals surface area (Å²) in [7, 11) is 0. The van der Waals surface area contributed by atoms with Crippen LogP contribution in [-0.2, 0) is 11.4 Å². The first kappa shape index (κ1) is 25.5. The molecule has 0 aliphatic carbocycles. The number of nitrogens with one attached hydrogen (secondary N) is 1. The number of anilines is 1. The molecule has 4 aromatic carbocycles. The molecular weight excluding hydrogens is 587 g/mol. The molecule has 4 rings (SSSR count). The molecule has 0 aliphatic heterocycles. The van der Waals surface area contributed by atoms with E-state index in [4.69, 9.17) is 21.1 Å². The fraction of sp³-hybridized carbons (Fsp3) is 0.103. The van der Waals surface area contributed by atoms with Crippen molar-refractivity contribution in [2.75, 3.05) is 11.9 Å². The van der Waals surface area contributed by atoms with Crippen LogP contribution in [0.5, 0.6) is 11.5 Å². The minimum atomic E-state index is -0.510. The molecule has 0 aromatic heterocycles. The molecule has 1 amide bonds. The summed E-state index contributed by atoms with van der Waals surface area (Å²) < 4.78 is 12.9. The molecule has 7 heteroatoms. The van der Waals surface area contributed by atoms with Gasteiger partial charge in [0.25, 0.3) is 5.91 Å². The standard InChI is InChI=1S/C29H22ClIN2O3/c1-2-35-27-16-19(14-22(17-32)29(34)33-24-12-10-23(30)11-13-24)15-26(31)28(27)36-18-21-8-5-7-20-6-3-4-9-25(20)21/h3-16H,2,18H2,1H3,(H,33,34)/b22-14-. The van der Waals surface area contributed by atoms with Crippen molar-refractivity contribution in [2.45, 2.75) is 13.5 Å². The smallest absolute Gasteiger partial charge is 0.266 e. The molecule has 36 heavy (non-hydrogen) atoms. The number of ether oxygens (including phenoxy) is 2. The number of amides is 1. The van der Waals surface area contributed by atoms with E-state index in [1.165, 1.54) is 6.08 Å². The molecule has 0 radical (unpaired) electrons. The van der Waals surface area contributed by atoms with Gasteiger partial charge in [0.2, 0.25) is 0 Å². The van der Waals surface area contributed by atoms with Crippen molar-refractivity contribution < 1.29 is 14.3 Å². The van der Waals surface area contributed by atoms with Crippen molar-refractivity contribution in [1.29, 1.82) is 5.26 Å². The Kier molecular flexibility index (Phi) is 8.47. The third kappa shape index (κ3) is 6.17. The Balaban J connectivity index is 1.59. The van der Waals surface area contributed by atoms with Crippen LogP contribution < -0.4 is 14.8 Å². The van der Waals surface area contributed by atoms with Gasteiger partial charge in [-0.25, -0.2) is 0 Å². The maximum Gasteiger partial charge on any atom is 0.266 e.